The minimum absolute atomic E-state index is 0.0232. The first kappa shape index (κ1) is 20.1. The first-order chi connectivity index (χ1) is 13.2. The van der Waals surface area contributed by atoms with Gasteiger partial charge in [-0.05, 0) is 97.0 Å². The number of hydrogen-bond donors (Lipinski definition) is 2. The molecule has 0 aliphatic heterocycles. The number of carbonyl (C=O) groups excluding carboxylic acids is 1. The molecule has 0 heterocycles. The van der Waals surface area contributed by atoms with Crippen molar-refractivity contribution < 1.29 is 19.8 Å². The monoisotopic (exact) mass is 388 g/mol. The Labute approximate surface area is 168 Å². The molecule has 0 aromatic heterocycles. The van der Waals surface area contributed by atoms with Gasteiger partial charge in [-0.3, -0.25) is 9.59 Å². The molecule has 3 saturated carbocycles. The molecule has 4 aliphatic carbocycles. The van der Waals surface area contributed by atoms with Gasteiger partial charge in [0.15, 0.2) is 5.78 Å². The zero-order valence-corrected chi connectivity index (χ0v) is 17.6. The lowest BCUT2D eigenvalue weighted by molar-refractivity contribution is -0.137. The molecule has 4 rings (SSSR count). The van der Waals surface area contributed by atoms with E-state index in [0.717, 1.165) is 24.8 Å². The highest BCUT2D eigenvalue weighted by molar-refractivity contribution is 5.91. The molecule has 1 unspecified atom stereocenters. The molecule has 0 aromatic rings. The lowest BCUT2D eigenvalue weighted by Gasteiger charge is -2.59. The number of carbonyl (C=O) groups is 2. The van der Waals surface area contributed by atoms with Crippen LogP contribution in [0.2, 0.25) is 0 Å². The maximum absolute atomic E-state index is 12.0. The summed E-state index contributed by atoms with van der Waals surface area (Å²) >= 11 is 0. The molecule has 4 heteroatoms. The van der Waals surface area contributed by atoms with Crippen LogP contribution in [0.5, 0.6) is 0 Å². The summed E-state index contributed by atoms with van der Waals surface area (Å²) in [4.78, 5) is 23.0. The lowest BCUT2D eigenvalue weighted by Crippen LogP contribution is -2.54. The van der Waals surface area contributed by atoms with Gasteiger partial charge in [-0.2, -0.15) is 0 Å². The third-order valence-electron chi connectivity index (χ3n) is 9.55. The van der Waals surface area contributed by atoms with Gasteiger partial charge < -0.3 is 10.2 Å². The van der Waals surface area contributed by atoms with Crippen LogP contribution in [0.25, 0.3) is 0 Å². The van der Waals surface area contributed by atoms with Crippen molar-refractivity contribution in [2.75, 3.05) is 0 Å². The summed E-state index contributed by atoms with van der Waals surface area (Å²) in [5, 5.41) is 20.1. The van der Waals surface area contributed by atoms with Gasteiger partial charge in [-0.25, -0.2) is 0 Å². The van der Waals surface area contributed by atoms with Crippen molar-refractivity contribution in [1.82, 2.24) is 0 Å². The van der Waals surface area contributed by atoms with E-state index in [1.165, 1.54) is 25.7 Å². The summed E-state index contributed by atoms with van der Waals surface area (Å²) in [5.74, 6) is 2.24. The van der Waals surface area contributed by atoms with Crippen LogP contribution in [0, 0.1) is 40.4 Å². The van der Waals surface area contributed by atoms with Crippen molar-refractivity contribution in [2.45, 2.75) is 84.7 Å². The number of fused-ring (bicyclic) bond motifs is 5. The zero-order valence-electron chi connectivity index (χ0n) is 17.6. The highest BCUT2D eigenvalue weighted by Gasteiger charge is 2.60. The molecule has 156 valence electrons. The summed E-state index contributed by atoms with van der Waals surface area (Å²) < 4.78 is 0. The third-order valence-corrected chi connectivity index (χ3v) is 9.55. The standard InChI is InChI=1S/C24H36O4/c1-14(4-7-22(27)28)17-5-6-18-16-13-21(26)20-12-15(25)8-10-24(20,3)19(16)9-11-23(17,18)2/h12,14,16-19,21,26H,4-11,13H2,1-3H3,(H,27,28)/t14-,16+,17-,18+,19+,21?,23-,24-/m1/s1. The Morgan fingerprint density at radius 3 is 2.68 bits per heavy atom. The molecule has 0 radical (unpaired) electrons. The van der Waals surface area contributed by atoms with Gasteiger partial charge in [0.05, 0.1) is 6.10 Å². The number of aliphatic hydroxyl groups is 1. The quantitative estimate of drug-likeness (QED) is 0.738. The number of aliphatic hydroxyl groups excluding tert-OH is 1. The Kier molecular flexibility index (Phi) is 5.01. The predicted octanol–water partition coefficient (Wildman–Crippen LogP) is 4.61. The number of aliphatic carboxylic acids is 1. The Morgan fingerprint density at radius 2 is 1.96 bits per heavy atom. The SMILES string of the molecule is C[C@H](CCC(=O)O)[C@H]1CC[C@H]2[C@@H]3CC(O)C4=CC(=O)CC[C@]4(C)[C@H]3CC[C@]12C. The van der Waals surface area contributed by atoms with Crippen molar-refractivity contribution in [3.8, 4) is 0 Å². The van der Waals surface area contributed by atoms with Gasteiger partial charge in [0, 0.05) is 12.8 Å². The third kappa shape index (κ3) is 2.98. The van der Waals surface area contributed by atoms with Gasteiger partial charge in [0.2, 0.25) is 0 Å². The number of carboxylic acids is 1. The predicted molar refractivity (Wildman–Crippen MR) is 108 cm³/mol. The van der Waals surface area contributed by atoms with Crippen LogP contribution in [0.15, 0.2) is 11.6 Å². The number of carboxylic acid groups (broad SMARTS) is 1. The van der Waals surface area contributed by atoms with E-state index < -0.39 is 12.1 Å². The molecule has 28 heavy (non-hydrogen) atoms. The fourth-order valence-electron chi connectivity index (χ4n) is 8.13. The summed E-state index contributed by atoms with van der Waals surface area (Å²) in [6, 6.07) is 0. The van der Waals surface area contributed by atoms with E-state index in [9.17, 15) is 14.7 Å². The summed E-state index contributed by atoms with van der Waals surface area (Å²) in [7, 11) is 0. The molecular formula is C24H36O4. The molecule has 4 aliphatic rings. The van der Waals surface area contributed by atoms with Crippen LogP contribution in [-0.2, 0) is 9.59 Å². The van der Waals surface area contributed by atoms with E-state index in [1.54, 1.807) is 6.08 Å². The molecule has 0 amide bonds. The smallest absolute Gasteiger partial charge is 0.303 e. The first-order valence-electron chi connectivity index (χ1n) is 11.3. The van der Waals surface area contributed by atoms with E-state index in [-0.39, 0.29) is 23.0 Å². The zero-order chi connectivity index (χ0) is 20.3. The van der Waals surface area contributed by atoms with Crippen molar-refractivity contribution in [3.63, 3.8) is 0 Å². The average Bonchev–Trinajstić information content (AvgIpc) is 2.99. The van der Waals surface area contributed by atoms with Crippen LogP contribution in [0.3, 0.4) is 0 Å². The first-order valence-corrected chi connectivity index (χ1v) is 11.3. The van der Waals surface area contributed by atoms with E-state index in [4.69, 9.17) is 5.11 Å². The Balaban J connectivity index is 1.58. The summed E-state index contributed by atoms with van der Waals surface area (Å²) in [6.07, 6.45) is 9.42. The highest BCUT2D eigenvalue weighted by Crippen LogP contribution is 2.67. The van der Waals surface area contributed by atoms with Crippen molar-refractivity contribution in [1.29, 1.82) is 0 Å². The molecule has 0 spiro atoms. The van der Waals surface area contributed by atoms with Gasteiger partial charge in [-0.15, -0.1) is 0 Å². The fraction of sp³-hybridized carbons (Fsp3) is 0.833. The normalized spacial score (nSPS) is 46.2. The summed E-state index contributed by atoms with van der Waals surface area (Å²) in [6.45, 7) is 7.00. The number of hydrogen-bond acceptors (Lipinski definition) is 3. The van der Waals surface area contributed by atoms with Crippen LogP contribution < -0.4 is 0 Å². The largest absolute Gasteiger partial charge is 0.481 e. The molecule has 3 fully saturated rings. The van der Waals surface area contributed by atoms with E-state index in [2.05, 4.69) is 20.8 Å². The van der Waals surface area contributed by atoms with E-state index in [1.807, 2.05) is 0 Å². The highest BCUT2D eigenvalue weighted by atomic mass is 16.4. The van der Waals surface area contributed by atoms with Crippen LogP contribution in [0.1, 0.15) is 78.6 Å². The van der Waals surface area contributed by atoms with Crippen LogP contribution in [0.4, 0.5) is 0 Å². The van der Waals surface area contributed by atoms with Crippen LogP contribution in [-0.4, -0.2) is 28.1 Å². The molecule has 4 nitrogen and oxygen atoms in total. The average molecular weight is 389 g/mol. The minimum Gasteiger partial charge on any atom is -0.481 e. The second kappa shape index (κ2) is 6.97. The van der Waals surface area contributed by atoms with Gasteiger partial charge in [0.1, 0.15) is 0 Å². The van der Waals surface area contributed by atoms with Crippen molar-refractivity contribution in [3.05, 3.63) is 11.6 Å². The van der Waals surface area contributed by atoms with Crippen LogP contribution >= 0.6 is 0 Å². The maximum Gasteiger partial charge on any atom is 0.303 e. The number of ketones is 1. The number of rotatable bonds is 4. The lowest BCUT2D eigenvalue weighted by atomic mass is 9.46. The maximum atomic E-state index is 12.0. The molecule has 0 saturated heterocycles. The van der Waals surface area contributed by atoms with Gasteiger partial charge >= 0.3 is 5.97 Å². The molecule has 0 aromatic carbocycles. The van der Waals surface area contributed by atoms with Gasteiger partial charge in [0.25, 0.3) is 0 Å². The van der Waals surface area contributed by atoms with Crippen molar-refractivity contribution in [2.24, 2.45) is 40.4 Å². The fourth-order valence-corrected chi connectivity index (χ4v) is 8.13. The molecular weight excluding hydrogens is 352 g/mol. The van der Waals surface area contributed by atoms with Crippen molar-refractivity contribution >= 4 is 11.8 Å². The topological polar surface area (TPSA) is 74.6 Å². The second-order valence-electron chi connectivity index (χ2n) is 10.7. The minimum atomic E-state index is -0.690. The molecule has 8 atom stereocenters. The summed E-state index contributed by atoms with van der Waals surface area (Å²) in [5.41, 5.74) is 1.25. The molecule has 0 bridgehead atoms. The Bertz CT molecular complexity index is 697. The van der Waals surface area contributed by atoms with Gasteiger partial charge in [-0.1, -0.05) is 20.8 Å². The van der Waals surface area contributed by atoms with E-state index >= 15 is 0 Å². The van der Waals surface area contributed by atoms with E-state index in [0.29, 0.717) is 36.0 Å². The second-order valence-corrected chi connectivity index (χ2v) is 10.7. The molecule has 2 N–H and O–H groups in total. The Hall–Kier alpha value is -1.16. The Morgan fingerprint density at radius 1 is 1.21 bits per heavy atom.